The summed E-state index contributed by atoms with van der Waals surface area (Å²) in [6.45, 7) is 3.80. The van der Waals surface area contributed by atoms with Crippen LogP contribution in [0.15, 0.2) is 36.7 Å². The van der Waals surface area contributed by atoms with Crippen molar-refractivity contribution >= 4 is 22.9 Å². The Hall–Kier alpha value is -1.88. The Kier molecular flexibility index (Phi) is 4.16. The van der Waals surface area contributed by atoms with Crippen LogP contribution >= 0.6 is 12.2 Å². The van der Waals surface area contributed by atoms with E-state index in [1.807, 2.05) is 35.1 Å². The van der Waals surface area contributed by atoms with Crippen molar-refractivity contribution in [1.29, 1.82) is 0 Å². The first kappa shape index (κ1) is 13.5. The van der Waals surface area contributed by atoms with E-state index in [1.165, 1.54) is 5.56 Å². The molecule has 5 heteroatoms. The zero-order valence-electron chi connectivity index (χ0n) is 11.2. The van der Waals surface area contributed by atoms with Gasteiger partial charge in [0.25, 0.3) is 0 Å². The molecule has 2 aromatic rings. The van der Waals surface area contributed by atoms with Crippen molar-refractivity contribution in [3.05, 3.63) is 47.8 Å². The lowest BCUT2D eigenvalue weighted by atomic mass is 10.2. The number of hydrogen-bond donors (Lipinski definition) is 1. The minimum Gasteiger partial charge on any atom is -0.389 e. The minimum absolute atomic E-state index is 0.429. The molecule has 2 N–H and O–H groups in total. The van der Waals surface area contributed by atoms with E-state index < -0.39 is 0 Å². The molecular weight excluding hydrogens is 256 g/mol. The molecule has 0 aliphatic rings. The standard InChI is InChI=1S/C14H18N4S/c1-3-18-10-11(8-16-18)9-17(2)13-6-4-12(5-7-13)14(15)19/h4-8,10H,3,9H2,1-2H3,(H2,15,19). The molecule has 0 unspecified atom stereocenters. The fourth-order valence-corrected chi connectivity index (χ4v) is 2.04. The Labute approximate surface area is 118 Å². The largest absolute Gasteiger partial charge is 0.389 e. The summed E-state index contributed by atoms with van der Waals surface area (Å²) < 4.78 is 1.93. The molecule has 0 amide bonds. The first-order valence-electron chi connectivity index (χ1n) is 6.22. The molecule has 100 valence electrons. The summed E-state index contributed by atoms with van der Waals surface area (Å²) >= 11 is 4.95. The number of aromatic nitrogens is 2. The van der Waals surface area contributed by atoms with Crippen LogP contribution in [0.1, 0.15) is 18.1 Å². The van der Waals surface area contributed by atoms with Gasteiger partial charge in [0.1, 0.15) is 4.99 Å². The maximum atomic E-state index is 5.59. The molecule has 1 aromatic heterocycles. The maximum Gasteiger partial charge on any atom is 0.103 e. The van der Waals surface area contributed by atoms with Crippen LogP contribution < -0.4 is 10.6 Å². The van der Waals surface area contributed by atoms with Gasteiger partial charge in [0.15, 0.2) is 0 Å². The molecule has 0 fully saturated rings. The van der Waals surface area contributed by atoms with Gasteiger partial charge >= 0.3 is 0 Å². The maximum absolute atomic E-state index is 5.59. The van der Waals surface area contributed by atoms with Gasteiger partial charge in [-0.05, 0) is 31.2 Å². The fraction of sp³-hybridized carbons (Fsp3) is 0.286. The van der Waals surface area contributed by atoms with Gasteiger partial charge in [-0.2, -0.15) is 5.10 Å². The average molecular weight is 274 g/mol. The second-order valence-electron chi connectivity index (χ2n) is 4.47. The number of thiocarbonyl (C=S) groups is 1. The molecular formula is C14H18N4S. The quantitative estimate of drug-likeness (QED) is 0.849. The second kappa shape index (κ2) is 5.84. The number of nitrogens with zero attached hydrogens (tertiary/aromatic N) is 3. The number of rotatable bonds is 5. The lowest BCUT2D eigenvalue weighted by Crippen LogP contribution is -2.16. The van der Waals surface area contributed by atoms with Gasteiger partial charge in [-0.3, -0.25) is 4.68 Å². The molecule has 0 aliphatic heterocycles. The Morgan fingerprint density at radius 2 is 2.05 bits per heavy atom. The molecule has 0 saturated heterocycles. The number of benzene rings is 1. The predicted octanol–water partition coefficient (Wildman–Crippen LogP) is 2.17. The zero-order valence-corrected chi connectivity index (χ0v) is 12.0. The highest BCUT2D eigenvalue weighted by atomic mass is 32.1. The van der Waals surface area contributed by atoms with Gasteiger partial charge in [0.2, 0.25) is 0 Å². The highest BCUT2D eigenvalue weighted by Crippen LogP contribution is 2.16. The third kappa shape index (κ3) is 3.32. The van der Waals surface area contributed by atoms with E-state index in [0.29, 0.717) is 4.99 Å². The van der Waals surface area contributed by atoms with Crippen LogP contribution in [0, 0.1) is 0 Å². The third-order valence-corrected chi connectivity index (χ3v) is 3.26. The van der Waals surface area contributed by atoms with E-state index in [-0.39, 0.29) is 0 Å². The molecule has 1 heterocycles. The second-order valence-corrected chi connectivity index (χ2v) is 4.91. The Morgan fingerprint density at radius 1 is 1.37 bits per heavy atom. The number of hydrogen-bond acceptors (Lipinski definition) is 3. The van der Waals surface area contributed by atoms with Crippen LogP contribution in [0.25, 0.3) is 0 Å². The van der Waals surface area contributed by atoms with Crippen LogP contribution in [0.4, 0.5) is 5.69 Å². The zero-order chi connectivity index (χ0) is 13.8. The summed E-state index contributed by atoms with van der Waals surface area (Å²) in [6, 6.07) is 7.95. The monoisotopic (exact) mass is 274 g/mol. The Balaban J connectivity index is 2.06. The first-order valence-corrected chi connectivity index (χ1v) is 6.63. The molecule has 0 atom stereocenters. The van der Waals surface area contributed by atoms with Crippen LogP contribution in [0.2, 0.25) is 0 Å². The summed E-state index contributed by atoms with van der Waals surface area (Å²) in [5.74, 6) is 0. The molecule has 0 saturated carbocycles. The Morgan fingerprint density at radius 3 is 2.58 bits per heavy atom. The molecule has 0 spiro atoms. The topological polar surface area (TPSA) is 47.1 Å². The fourth-order valence-electron chi connectivity index (χ4n) is 1.91. The van der Waals surface area contributed by atoms with Gasteiger partial charge in [-0.15, -0.1) is 0 Å². The molecule has 19 heavy (non-hydrogen) atoms. The summed E-state index contributed by atoms with van der Waals surface area (Å²) in [7, 11) is 2.05. The van der Waals surface area contributed by atoms with Crippen molar-refractivity contribution in [1.82, 2.24) is 9.78 Å². The molecule has 4 nitrogen and oxygen atoms in total. The van der Waals surface area contributed by atoms with Crippen LogP contribution in [0.3, 0.4) is 0 Å². The van der Waals surface area contributed by atoms with Crippen molar-refractivity contribution in [2.75, 3.05) is 11.9 Å². The third-order valence-electron chi connectivity index (χ3n) is 3.02. The average Bonchev–Trinajstić information content (AvgIpc) is 2.86. The number of anilines is 1. The van der Waals surface area contributed by atoms with Gasteiger partial charge in [0.05, 0.1) is 6.20 Å². The normalized spacial score (nSPS) is 10.4. The van der Waals surface area contributed by atoms with Crippen LogP contribution in [0.5, 0.6) is 0 Å². The van der Waals surface area contributed by atoms with E-state index in [0.717, 1.165) is 24.3 Å². The molecule has 0 bridgehead atoms. The van der Waals surface area contributed by atoms with E-state index in [1.54, 1.807) is 0 Å². The van der Waals surface area contributed by atoms with E-state index in [2.05, 4.69) is 30.2 Å². The summed E-state index contributed by atoms with van der Waals surface area (Å²) in [6.07, 6.45) is 3.98. The van der Waals surface area contributed by atoms with Crippen molar-refractivity contribution < 1.29 is 0 Å². The number of nitrogens with two attached hydrogens (primary N) is 1. The number of aryl methyl sites for hydroxylation is 1. The van der Waals surface area contributed by atoms with Crippen molar-refractivity contribution in [3.8, 4) is 0 Å². The van der Waals surface area contributed by atoms with Gasteiger partial charge < -0.3 is 10.6 Å². The molecule has 2 rings (SSSR count). The summed E-state index contributed by atoms with van der Waals surface area (Å²) in [4.78, 5) is 2.60. The lowest BCUT2D eigenvalue weighted by molar-refractivity contribution is 0.659. The predicted molar refractivity (Wildman–Crippen MR) is 82.3 cm³/mol. The van der Waals surface area contributed by atoms with Gasteiger partial charge in [0, 0.05) is 43.1 Å². The van der Waals surface area contributed by atoms with Gasteiger partial charge in [-0.25, -0.2) is 0 Å². The lowest BCUT2D eigenvalue weighted by Gasteiger charge is -2.18. The SMILES string of the molecule is CCn1cc(CN(C)c2ccc(C(N)=S)cc2)cn1. The molecule has 1 aromatic carbocycles. The summed E-state index contributed by atoms with van der Waals surface area (Å²) in [5.41, 5.74) is 8.81. The highest BCUT2D eigenvalue weighted by molar-refractivity contribution is 7.80. The van der Waals surface area contributed by atoms with Gasteiger partial charge in [-0.1, -0.05) is 12.2 Å². The van der Waals surface area contributed by atoms with Crippen LogP contribution in [-0.2, 0) is 13.1 Å². The summed E-state index contributed by atoms with van der Waals surface area (Å²) in [5, 5.41) is 4.28. The van der Waals surface area contributed by atoms with E-state index in [9.17, 15) is 0 Å². The van der Waals surface area contributed by atoms with Crippen molar-refractivity contribution in [3.63, 3.8) is 0 Å². The smallest absolute Gasteiger partial charge is 0.103 e. The van der Waals surface area contributed by atoms with Crippen molar-refractivity contribution in [2.45, 2.75) is 20.0 Å². The Bertz CT molecular complexity index is 559. The highest BCUT2D eigenvalue weighted by Gasteiger charge is 2.05. The molecule has 0 aliphatic carbocycles. The molecule has 0 radical (unpaired) electrons. The van der Waals surface area contributed by atoms with Crippen molar-refractivity contribution in [2.24, 2.45) is 5.73 Å². The minimum atomic E-state index is 0.429. The van der Waals surface area contributed by atoms with E-state index >= 15 is 0 Å². The first-order chi connectivity index (χ1) is 9.10. The van der Waals surface area contributed by atoms with Crippen LogP contribution in [-0.4, -0.2) is 21.8 Å². The van der Waals surface area contributed by atoms with E-state index in [4.69, 9.17) is 18.0 Å².